The SMILES string of the molecule is COc1ccc(Oc2cc([C@H]3CC(=O)N(c4cccc(N)c4)C3)ccc2OC)cc1.COc1ccc([C@H]2CC(=O)N(c3cccc(N)c3)C2)cc1Oc1ccccc1C(F)(F)F.COc1cccc(Oc2cc(C3CC(=O)N(c4cccc(N)c4)C3)ccc2OC)c1. The molecule has 17 nitrogen and oxygen atoms in total. The van der Waals surface area contributed by atoms with Gasteiger partial charge in [0.15, 0.2) is 34.5 Å². The summed E-state index contributed by atoms with van der Waals surface area (Å²) in [5.41, 5.74) is 23.7. The number of carbonyl (C=O) groups is 3. The first-order valence-electron chi connectivity index (χ1n) is 29.4. The first-order chi connectivity index (χ1) is 44.4. The summed E-state index contributed by atoms with van der Waals surface area (Å²) in [4.78, 5) is 43.2. The summed E-state index contributed by atoms with van der Waals surface area (Å²) in [6.07, 6.45) is -3.43. The summed E-state index contributed by atoms with van der Waals surface area (Å²) in [7, 11) is 7.87. The maximum Gasteiger partial charge on any atom is 0.419 e. The van der Waals surface area contributed by atoms with E-state index < -0.39 is 11.7 Å². The molecular weight excluding hydrogens is 1180 g/mol. The van der Waals surface area contributed by atoms with Gasteiger partial charge in [-0.25, -0.2) is 0 Å². The number of anilines is 6. The maximum absolute atomic E-state index is 13.4. The van der Waals surface area contributed by atoms with Crippen LogP contribution in [0.25, 0.3) is 0 Å². The van der Waals surface area contributed by atoms with E-state index in [9.17, 15) is 27.6 Å². The van der Waals surface area contributed by atoms with Crippen LogP contribution in [0.4, 0.5) is 47.3 Å². The van der Waals surface area contributed by atoms with Crippen LogP contribution in [-0.2, 0) is 20.6 Å². The number of rotatable bonds is 17. The number of carbonyl (C=O) groups excluding carboxylic acids is 3. The Balaban J connectivity index is 0.000000151. The Morgan fingerprint density at radius 3 is 1.11 bits per heavy atom. The molecule has 3 aliphatic rings. The molecule has 9 aromatic rings. The molecule has 3 amide bonds. The van der Waals surface area contributed by atoms with Gasteiger partial charge in [-0.3, -0.25) is 14.4 Å². The fourth-order valence-electron chi connectivity index (χ4n) is 11.2. The minimum atomic E-state index is -4.56. The number of nitrogen functional groups attached to an aromatic ring is 3. The monoisotopic (exact) mass is 1250 g/mol. The van der Waals surface area contributed by atoms with Crippen molar-refractivity contribution in [3.05, 3.63) is 222 Å². The molecule has 0 saturated carbocycles. The van der Waals surface area contributed by atoms with Crippen LogP contribution >= 0.6 is 0 Å². The minimum Gasteiger partial charge on any atom is -0.497 e. The Hall–Kier alpha value is -11.0. The Morgan fingerprint density at radius 2 is 0.717 bits per heavy atom. The molecule has 0 aromatic heterocycles. The number of alkyl halides is 3. The van der Waals surface area contributed by atoms with E-state index in [2.05, 4.69) is 0 Å². The summed E-state index contributed by atoms with van der Waals surface area (Å²) >= 11 is 0. The van der Waals surface area contributed by atoms with Gasteiger partial charge in [0.1, 0.15) is 28.7 Å². The van der Waals surface area contributed by atoms with Gasteiger partial charge >= 0.3 is 6.18 Å². The fourth-order valence-corrected chi connectivity index (χ4v) is 11.2. The number of para-hydroxylation sites is 1. The Morgan fingerprint density at radius 1 is 0.348 bits per heavy atom. The van der Waals surface area contributed by atoms with E-state index in [0.29, 0.717) is 101 Å². The Labute approximate surface area is 531 Å². The van der Waals surface area contributed by atoms with Crippen LogP contribution < -0.4 is 69.8 Å². The van der Waals surface area contributed by atoms with Crippen LogP contribution in [0, 0.1) is 0 Å². The second-order valence-electron chi connectivity index (χ2n) is 21.9. The predicted octanol–water partition coefficient (Wildman–Crippen LogP) is 14.8. The molecular formula is C72H69F3N6O11. The van der Waals surface area contributed by atoms with E-state index in [1.54, 1.807) is 79.5 Å². The van der Waals surface area contributed by atoms with Crippen LogP contribution in [0.2, 0.25) is 0 Å². The van der Waals surface area contributed by atoms with Crippen molar-refractivity contribution in [1.82, 2.24) is 0 Å². The van der Waals surface area contributed by atoms with Gasteiger partial charge in [0, 0.05) is 96.8 Å². The van der Waals surface area contributed by atoms with Gasteiger partial charge in [0.25, 0.3) is 0 Å². The van der Waals surface area contributed by atoms with Crippen molar-refractivity contribution < 1.29 is 65.4 Å². The largest absolute Gasteiger partial charge is 0.497 e. The molecule has 474 valence electrons. The van der Waals surface area contributed by atoms with Gasteiger partial charge in [0.05, 0.1) is 41.1 Å². The summed E-state index contributed by atoms with van der Waals surface area (Å²) in [6, 6.07) is 58.3. The van der Waals surface area contributed by atoms with E-state index in [0.717, 1.165) is 39.9 Å². The zero-order valence-electron chi connectivity index (χ0n) is 51.2. The molecule has 20 heteroatoms. The molecule has 12 rings (SSSR count). The highest BCUT2D eigenvalue weighted by Gasteiger charge is 2.37. The Kier molecular flexibility index (Phi) is 19.9. The first-order valence-corrected chi connectivity index (χ1v) is 29.4. The second-order valence-corrected chi connectivity index (χ2v) is 21.9. The number of benzene rings is 9. The van der Waals surface area contributed by atoms with Gasteiger partial charge in [-0.05, 0) is 156 Å². The molecule has 0 spiro atoms. The molecule has 0 bridgehead atoms. The van der Waals surface area contributed by atoms with Crippen LogP contribution in [0.1, 0.15) is 59.3 Å². The summed E-state index contributed by atoms with van der Waals surface area (Å²) in [5.74, 6) is 5.43. The van der Waals surface area contributed by atoms with Crippen molar-refractivity contribution in [2.75, 3.05) is 87.1 Å². The molecule has 92 heavy (non-hydrogen) atoms. The Bertz CT molecular complexity index is 4090. The third-order valence-corrected chi connectivity index (χ3v) is 15.9. The second kappa shape index (κ2) is 28.6. The summed E-state index contributed by atoms with van der Waals surface area (Å²) in [6.45, 7) is 1.61. The van der Waals surface area contributed by atoms with Crippen LogP contribution in [0.15, 0.2) is 200 Å². The number of amides is 3. The fraction of sp³-hybridized carbons (Fsp3) is 0.208. The normalized spacial score (nSPS) is 16.0. The molecule has 3 fully saturated rings. The number of halogens is 3. The van der Waals surface area contributed by atoms with Crippen molar-refractivity contribution in [1.29, 1.82) is 0 Å². The smallest absolute Gasteiger partial charge is 0.419 e. The van der Waals surface area contributed by atoms with Gasteiger partial charge in [-0.1, -0.05) is 54.6 Å². The van der Waals surface area contributed by atoms with Crippen molar-refractivity contribution in [3.8, 4) is 63.2 Å². The zero-order valence-corrected chi connectivity index (χ0v) is 51.2. The predicted molar refractivity (Wildman–Crippen MR) is 348 cm³/mol. The van der Waals surface area contributed by atoms with Crippen LogP contribution in [-0.4, -0.2) is 72.9 Å². The van der Waals surface area contributed by atoms with Crippen molar-refractivity contribution in [2.45, 2.75) is 43.2 Å². The quantitative estimate of drug-likeness (QED) is 0.0724. The number of ether oxygens (including phenoxy) is 8. The number of hydrogen-bond acceptors (Lipinski definition) is 14. The molecule has 3 saturated heterocycles. The molecule has 9 aromatic carbocycles. The molecule has 6 N–H and O–H groups in total. The molecule has 3 aliphatic heterocycles. The standard InChI is InChI=1S/C24H21F3N2O3.2C24H24N2O4/c1-31-21-10-9-15(11-22(21)32-20-8-3-2-7-19(20)24(25,26)27)16-12-23(30)29(14-16)18-6-4-5-17(28)13-18;1-28-20-7-4-8-21(14-20)30-23-11-16(9-10-22(23)29-2)17-12-24(27)26(15-17)19-6-3-5-18(25)13-19;1-28-20-7-9-21(10-8-20)30-23-12-16(6-11-22(23)29-2)17-13-24(27)26(15-17)19-5-3-4-18(25)14-19/h2-11,13,16H,12,14,28H2,1H3;3-11,13-14,17H,12,15,25H2,1-2H3;3-12,14,17H,13,15,25H2,1-2H3/t16-;;17-/m0.0/s1. The van der Waals surface area contributed by atoms with Crippen LogP contribution in [0.5, 0.6) is 63.2 Å². The lowest BCUT2D eigenvalue weighted by molar-refractivity contribution is -0.138. The lowest BCUT2D eigenvalue weighted by atomic mass is 9.98. The van der Waals surface area contributed by atoms with Crippen molar-refractivity contribution >= 4 is 51.8 Å². The molecule has 1 unspecified atom stereocenters. The highest BCUT2D eigenvalue weighted by atomic mass is 19.4. The van der Waals surface area contributed by atoms with E-state index in [1.807, 2.05) is 140 Å². The lowest BCUT2D eigenvalue weighted by Crippen LogP contribution is -2.24. The molecule has 3 heterocycles. The first kappa shape index (κ1) is 64.0. The summed E-state index contributed by atoms with van der Waals surface area (Å²) < 4.78 is 84.6. The number of nitrogens with two attached hydrogens (primary N) is 3. The van der Waals surface area contributed by atoms with Crippen molar-refractivity contribution in [2.24, 2.45) is 0 Å². The average molecular weight is 1250 g/mol. The molecule has 0 aliphatic carbocycles. The van der Waals surface area contributed by atoms with Gasteiger partial charge in [0.2, 0.25) is 17.7 Å². The number of hydrogen-bond donors (Lipinski definition) is 3. The summed E-state index contributed by atoms with van der Waals surface area (Å²) in [5, 5.41) is 0. The van der Waals surface area contributed by atoms with E-state index in [1.165, 1.54) is 25.3 Å². The zero-order chi connectivity index (χ0) is 65.1. The van der Waals surface area contributed by atoms with Crippen molar-refractivity contribution in [3.63, 3.8) is 0 Å². The van der Waals surface area contributed by atoms with Crippen LogP contribution in [0.3, 0.4) is 0 Å². The van der Waals surface area contributed by atoms with Gasteiger partial charge in [-0.15, -0.1) is 0 Å². The average Bonchev–Trinajstić information content (AvgIpc) is 1.66. The number of nitrogens with zero attached hydrogens (tertiary/aromatic N) is 3. The maximum atomic E-state index is 13.4. The van der Waals surface area contributed by atoms with E-state index in [-0.39, 0.29) is 53.4 Å². The van der Waals surface area contributed by atoms with Gasteiger partial charge < -0.3 is 69.8 Å². The highest BCUT2D eigenvalue weighted by molar-refractivity contribution is 5.98. The number of methoxy groups -OCH3 is 5. The third-order valence-electron chi connectivity index (χ3n) is 15.9. The van der Waals surface area contributed by atoms with E-state index in [4.69, 9.17) is 55.1 Å². The topological polar surface area (TPSA) is 213 Å². The third kappa shape index (κ3) is 15.3. The molecule has 3 atom stereocenters. The minimum absolute atomic E-state index is 0.0532. The lowest BCUT2D eigenvalue weighted by Gasteiger charge is -2.19. The van der Waals surface area contributed by atoms with Gasteiger partial charge in [-0.2, -0.15) is 13.2 Å². The van der Waals surface area contributed by atoms with E-state index >= 15 is 0 Å². The highest BCUT2D eigenvalue weighted by Crippen LogP contribution is 2.44. The molecule has 0 radical (unpaired) electrons.